The number of hydrogen-bond donors (Lipinski definition) is 0. The minimum atomic E-state index is -0.158. The molecule has 54 valence electrons. The van der Waals surface area contributed by atoms with Crippen LogP contribution in [0.5, 0.6) is 0 Å². The highest BCUT2D eigenvalue weighted by Crippen LogP contribution is 2.15. The van der Waals surface area contributed by atoms with Crippen LogP contribution in [0.25, 0.3) is 0 Å². The van der Waals surface area contributed by atoms with Crippen LogP contribution in [0.4, 0.5) is 0 Å². The molecule has 0 aromatic rings. The molecule has 0 heterocycles. The number of thioether (sulfide) groups is 1. The summed E-state index contributed by atoms with van der Waals surface area (Å²) in [7, 11) is 0. The first-order valence-corrected chi connectivity index (χ1v) is 4.01. The molecule has 3 heteroatoms. The summed E-state index contributed by atoms with van der Waals surface area (Å²) in [5.41, 5.74) is 0.271. The molecule has 0 aromatic carbocycles. The van der Waals surface area contributed by atoms with E-state index >= 15 is 0 Å². The number of rotatable bonds is 2. The van der Waals surface area contributed by atoms with Crippen LogP contribution in [-0.4, -0.2) is 12.0 Å². The number of Topliss-reactive ketones (excluding diaryl/α,β-unsaturated/α-hetero) is 1. The van der Waals surface area contributed by atoms with Crippen LogP contribution >= 0.6 is 11.8 Å². The Morgan fingerprint density at radius 3 is 2.10 bits per heavy atom. The van der Waals surface area contributed by atoms with Gasteiger partial charge in [-0.05, 0) is 20.1 Å². The van der Waals surface area contributed by atoms with Crippen molar-refractivity contribution in [2.75, 3.05) is 6.26 Å². The van der Waals surface area contributed by atoms with Crippen molar-refractivity contribution in [3.63, 3.8) is 0 Å². The Hall–Kier alpha value is -0.750. The summed E-state index contributed by atoms with van der Waals surface area (Å²) in [6.07, 6.45) is 1.84. The van der Waals surface area contributed by atoms with E-state index in [-0.39, 0.29) is 11.4 Å². The molecule has 0 aliphatic heterocycles. The predicted octanol–water partition coefficient (Wildman–Crippen LogP) is 1.74. The Balaban J connectivity index is 4.68. The zero-order valence-corrected chi connectivity index (χ0v) is 7.08. The second kappa shape index (κ2) is 4.13. The van der Waals surface area contributed by atoms with Gasteiger partial charge >= 0.3 is 0 Å². The van der Waals surface area contributed by atoms with Gasteiger partial charge in [-0.25, -0.2) is 0 Å². The van der Waals surface area contributed by atoms with E-state index in [1.54, 1.807) is 6.92 Å². The first kappa shape index (κ1) is 9.25. The molecule has 0 spiro atoms. The SMILES string of the molecule is CS/C(C)=C(\C#N)C(C)=O. The van der Waals surface area contributed by atoms with Crippen LogP contribution in [0.1, 0.15) is 13.8 Å². The van der Waals surface area contributed by atoms with Crippen molar-refractivity contribution in [3.05, 3.63) is 10.5 Å². The lowest BCUT2D eigenvalue weighted by Crippen LogP contribution is -1.95. The lowest BCUT2D eigenvalue weighted by atomic mass is 10.2. The highest BCUT2D eigenvalue weighted by Gasteiger charge is 2.05. The molecule has 0 bridgehead atoms. The topological polar surface area (TPSA) is 40.9 Å². The van der Waals surface area contributed by atoms with Gasteiger partial charge in [0.25, 0.3) is 0 Å². The van der Waals surface area contributed by atoms with E-state index in [4.69, 9.17) is 5.26 Å². The minimum Gasteiger partial charge on any atom is -0.294 e. The Labute approximate surface area is 64.9 Å². The average Bonchev–Trinajstić information content (AvgIpc) is 1.88. The molecule has 2 nitrogen and oxygen atoms in total. The maximum atomic E-state index is 10.7. The van der Waals surface area contributed by atoms with E-state index in [9.17, 15) is 4.79 Å². The van der Waals surface area contributed by atoms with Gasteiger partial charge in [0.15, 0.2) is 5.78 Å². The molecule has 0 aliphatic carbocycles. The van der Waals surface area contributed by atoms with Crippen LogP contribution in [0.15, 0.2) is 10.5 Å². The molecular weight excluding hydrogens is 146 g/mol. The maximum absolute atomic E-state index is 10.7. The van der Waals surface area contributed by atoms with Crippen molar-refractivity contribution in [1.82, 2.24) is 0 Å². The van der Waals surface area contributed by atoms with Crippen LogP contribution in [0.2, 0.25) is 0 Å². The molecule has 0 atom stereocenters. The zero-order chi connectivity index (χ0) is 8.15. The smallest absolute Gasteiger partial charge is 0.171 e. The summed E-state index contributed by atoms with van der Waals surface area (Å²) < 4.78 is 0. The molecule has 0 N–H and O–H groups in total. The molecule has 0 fully saturated rings. The predicted molar refractivity (Wildman–Crippen MR) is 42.5 cm³/mol. The summed E-state index contributed by atoms with van der Waals surface area (Å²) >= 11 is 1.42. The van der Waals surface area contributed by atoms with Gasteiger partial charge in [0, 0.05) is 4.91 Å². The van der Waals surface area contributed by atoms with E-state index in [0.717, 1.165) is 4.91 Å². The fourth-order valence-corrected chi connectivity index (χ4v) is 0.901. The zero-order valence-electron chi connectivity index (χ0n) is 6.26. The molecule has 0 aromatic heterocycles. The van der Waals surface area contributed by atoms with Crippen LogP contribution < -0.4 is 0 Å². The normalized spacial score (nSPS) is 11.8. The summed E-state index contributed by atoms with van der Waals surface area (Å²) in [4.78, 5) is 11.5. The van der Waals surface area contributed by atoms with Crippen LogP contribution in [0, 0.1) is 11.3 Å². The fraction of sp³-hybridized carbons (Fsp3) is 0.429. The van der Waals surface area contributed by atoms with Gasteiger partial charge in [-0.1, -0.05) is 0 Å². The largest absolute Gasteiger partial charge is 0.294 e. The third kappa shape index (κ3) is 2.24. The van der Waals surface area contributed by atoms with E-state index < -0.39 is 0 Å². The van der Waals surface area contributed by atoms with E-state index in [1.165, 1.54) is 18.7 Å². The third-order valence-corrected chi connectivity index (χ3v) is 1.94. The number of hydrogen-bond acceptors (Lipinski definition) is 3. The van der Waals surface area contributed by atoms with Crippen molar-refractivity contribution in [2.24, 2.45) is 0 Å². The Morgan fingerprint density at radius 1 is 1.50 bits per heavy atom. The lowest BCUT2D eigenvalue weighted by molar-refractivity contribution is -0.113. The van der Waals surface area contributed by atoms with Gasteiger partial charge in [0.1, 0.15) is 11.6 Å². The lowest BCUT2D eigenvalue weighted by Gasteiger charge is -1.95. The first-order chi connectivity index (χ1) is 4.63. The molecule has 10 heavy (non-hydrogen) atoms. The number of carbonyl (C=O) groups excluding carboxylic acids is 1. The number of carbonyl (C=O) groups is 1. The quantitative estimate of drug-likeness (QED) is 0.450. The Kier molecular flexibility index (Phi) is 3.82. The van der Waals surface area contributed by atoms with Gasteiger partial charge in [-0.2, -0.15) is 5.26 Å². The molecule has 0 unspecified atom stereocenters. The highest BCUT2D eigenvalue weighted by molar-refractivity contribution is 8.02. The van der Waals surface area contributed by atoms with E-state index in [0.29, 0.717) is 0 Å². The Morgan fingerprint density at radius 2 is 2.00 bits per heavy atom. The molecule has 0 saturated heterocycles. The summed E-state index contributed by atoms with van der Waals surface area (Å²) in [6.45, 7) is 3.17. The molecular formula is C7H9NOS. The standard InChI is InChI=1S/C7H9NOS/c1-5(9)7(4-8)6(2)10-3/h1-3H3/b7-6+. The molecule has 0 rings (SSSR count). The van der Waals surface area contributed by atoms with E-state index in [1.807, 2.05) is 12.3 Å². The Bertz CT molecular complexity index is 212. The van der Waals surface area contributed by atoms with E-state index in [2.05, 4.69) is 0 Å². The van der Waals surface area contributed by atoms with Gasteiger partial charge in [0.05, 0.1) is 0 Å². The second-order valence-corrected chi connectivity index (χ2v) is 2.82. The third-order valence-electron chi connectivity index (χ3n) is 1.12. The number of allylic oxidation sites excluding steroid dienone is 2. The van der Waals surface area contributed by atoms with Crippen molar-refractivity contribution in [2.45, 2.75) is 13.8 Å². The van der Waals surface area contributed by atoms with Gasteiger partial charge < -0.3 is 0 Å². The van der Waals surface area contributed by atoms with Crippen molar-refractivity contribution >= 4 is 17.5 Å². The van der Waals surface area contributed by atoms with Crippen LogP contribution in [0.3, 0.4) is 0 Å². The monoisotopic (exact) mass is 155 g/mol. The average molecular weight is 155 g/mol. The minimum absolute atomic E-state index is 0.158. The summed E-state index contributed by atoms with van der Waals surface area (Å²) in [5.74, 6) is -0.158. The molecule has 0 aliphatic rings. The molecule has 0 saturated carbocycles. The summed E-state index contributed by atoms with van der Waals surface area (Å²) in [6, 6.07) is 1.86. The van der Waals surface area contributed by atoms with Crippen molar-refractivity contribution < 1.29 is 4.79 Å². The van der Waals surface area contributed by atoms with Crippen molar-refractivity contribution in [3.8, 4) is 6.07 Å². The number of nitriles is 1. The highest BCUT2D eigenvalue weighted by atomic mass is 32.2. The van der Waals surface area contributed by atoms with Gasteiger partial charge in [0.2, 0.25) is 0 Å². The maximum Gasteiger partial charge on any atom is 0.171 e. The number of nitrogens with zero attached hydrogens (tertiary/aromatic N) is 1. The second-order valence-electron chi connectivity index (χ2n) is 1.80. The van der Waals surface area contributed by atoms with Crippen LogP contribution in [-0.2, 0) is 4.79 Å². The van der Waals surface area contributed by atoms with Crippen molar-refractivity contribution in [1.29, 1.82) is 5.26 Å². The molecule has 0 amide bonds. The first-order valence-electron chi connectivity index (χ1n) is 2.79. The fourth-order valence-electron chi connectivity index (χ4n) is 0.507. The molecule has 0 radical (unpaired) electrons. The van der Waals surface area contributed by atoms with Gasteiger partial charge in [-0.15, -0.1) is 11.8 Å². The number of ketones is 1. The summed E-state index contributed by atoms with van der Waals surface area (Å²) in [5, 5.41) is 8.46. The van der Waals surface area contributed by atoms with Gasteiger partial charge in [-0.3, -0.25) is 4.79 Å².